The van der Waals surface area contributed by atoms with Crippen LogP contribution in [0.2, 0.25) is 0 Å². The van der Waals surface area contributed by atoms with Gasteiger partial charge < -0.3 is 14.8 Å². The van der Waals surface area contributed by atoms with Crippen LogP contribution < -0.4 is 4.74 Å². The number of aromatic amines is 1. The van der Waals surface area contributed by atoms with Crippen molar-refractivity contribution in [1.82, 2.24) is 14.8 Å². The summed E-state index contributed by atoms with van der Waals surface area (Å²) in [4.78, 5) is 19.4. The standard InChI is InChI=1S/C19H25N3O5S/c1-27-14-2-3-17-15(10-14)16(11-20-17)18(19(23)24)22-7-5-21(6-8-22)13-4-9-28(25,26)12-13/h2-3,10-11,13,18,20H,4-9,12H2,1H3,(H,23,24)/t13-,18+/m0/s1. The molecule has 3 heterocycles. The Labute approximate surface area is 164 Å². The van der Waals surface area contributed by atoms with Crippen LogP contribution in [0.25, 0.3) is 10.9 Å². The summed E-state index contributed by atoms with van der Waals surface area (Å²) in [6, 6.07) is 4.89. The van der Waals surface area contributed by atoms with E-state index in [0.717, 1.165) is 16.5 Å². The molecule has 2 aliphatic rings. The molecule has 2 aliphatic heterocycles. The summed E-state index contributed by atoms with van der Waals surface area (Å²) in [7, 11) is -1.33. The predicted octanol–water partition coefficient (Wildman–Crippen LogP) is 1.11. The van der Waals surface area contributed by atoms with Crippen molar-refractivity contribution in [2.75, 3.05) is 44.8 Å². The van der Waals surface area contributed by atoms with E-state index in [0.29, 0.717) is 38.3 Å². The second-order valence-electron chi connectivity index (χ2n) is 7.53. The molecular weight excluding hydrogens is 382 g/mol. The average molecular weight is 407 g/mol. The molecule has 9 heteroatoms. The lowest BCUT2D eigenvalue weighted by Crippen LogP contribution is -2.52. The average Bonchev–Trinajstić information content (AvgIpc) is 3.25. The second-order valence-corrected chi connectivity index (χ2v) is 9.75. The molecule has 2 aromatic rings. The first-order chi connectivity index (χ1) is 13.4. The summed E-state index contributed by atoms with van der Waals surface area (Å²) in [5.74, 6) is 0.273. The predicted molar refractivity (Wildman–Crippen MR) is 105 cm³/mol. The van der Waals surface area contributed by atoms with Crippen molar-refractivity contribution < 1.29 is 23.1 Å². The molecule has 0 radical (unpaired) electrons. The highest BCUT2D eigenvalue weighted by molar-refractivity contribution is 7.91. The van der Waals surface area contributed by atoms with Crippen LogP contribution in [-0.2, 0) is 14.6 Å². The van der Waals surface area contributed by atoms with Crippen molar-refractivity contribution in [2.45, 2.75) is 18.5 Å². The minimum atomic E-state index is -2.92. The third kappa shape index (κ3) is 3.61. The van der Waals surface area contributed by atoms with Gasteiger partial charge >= 0.3 is 5.97 Å². The normalized spacial score (nSPS) is 24.4. The largest absolute Gasteiger partial charge is 0.497 e. The summed E-state index contributed by atoms with van der Waals surface area (Å²) in [5, 5.41) is 10.8. The van der Waals surface area contributed by atoms with Crippen molar-refractivity contribution >= 4 is 26.7 Å². The number of nitrogens with one attached hydrogen (secondary N) is 1. The number of methoxy groups -OCH3 is 1. The number of aliphatic carboxylic acids is 1. The minimum absolute atomic E-state index is 0.0628. The van der Waals surface area contributed by atoms with Gasteiger partial charge in [0.15, 0.2) is 9.84 Å². The molecule has 0 bridgehead atoms. The Morgan fingerprint density at radius 2 is 2.04 bits per heavy atom. The molecule has 2 N–H and O–H groups in total. The van der Waals surface area contributed by atoms with Gasteiger partial charge in [0.1, 0.15) is 11.8 Å². The lowest BCUT2D eigenvalue weighted by Gasteiger charge is -2.39. The van der Waals surface area contributed by atoms with Gasteiger partial charge in [-0.3, -0.25) is 14.6 Å². The summed E-state index contributed by atoms with van der Waals surface area (Å²) in [6.07, 6.45) is 2.44. The van der Waals surface area contributed by atoms with Crippen LogP contribution in [0, 0.1) is 0 Å². The van der Waals surface area contributed by atoms with Crippen LogP contribution in [0.15, 0.2) is 24.4 Å². The molecule has 152 valence electrons. The highest BCUT2D eigenvalue weighted by Crippen LogP contribution is 2.32. The van der Waals surface area contributed by atoms with E-state index < -0.39 is 21.8 Å². The molecule has 0 amide bonds. The van der Waals surface area contributed by atoms with E-state index in [9.17, 15) is 18.3 Å². The monoisotopic (exact) mass is 407 g/mol. The number of carboxylic acids is 1. The molecule has 2 atom stereocenters. The highest BCUT2D eigenvalue weighted by atomic mass is 32.2. The molecule has 8 nitrogen and oxygen atoms in total. The molecule has 0 aliphatic carbocycles. The third-order valence-corrected chi connectivity index (χ3v) is 7.64. The Bertz CT molecular complexity index is 979. The summed E-state index contributed by atoms with van der Waals surface area (Å²) in [6.45, 7) is 2.53. The van der Waals surface area contributed by atoms with Gasteiger partial charge in [0.05, 0.1) is 18.6 Å². The first-order valence-corrected chi connectivity index (χ1v) is 11.3. The molecule has 2 fully saturated rings. The second kappa shape index (κ2) is 7.38. The number of sulfone groups is 1. The van der Waals surface area contributed by atoms with Crippen LogP contribution in [0.3, 0.4) is 0 Å². The number of piperazine rings is 1. The van der Waals surface area contributed by atoms with E-state index in [4.69, 9.17) is 4.74 Å². The fourth-order valence-electron chi connectivity index (χ4n) is 4.38. The Morgan fingerprint density at radius 3 is 2.64 bits per heavy atom. The van der Waals surface area contributed by atoms with Crippen molar-refractivity contribution in [3.8, 4) is 5.75 Å². The number of carbonyl (C=O) groups is 1. The first kappa shape index (κ1) is 19.2. The first-order valence-electron chi connectivity index (χ1n) is 9.44. The number of hydrogen-bond acceptors (Lipinski definition) is 6. The lowest BCUT2D eigenvalue weighted by atomic mass is 10.0. The van der Waals surface area contributed by atoms with Crippen LogP contribution in [0.1, 0.15) is 18.0 Å². The Hall–Kier alpha value is -2.10. The maximum Gasteiger partial charge on any atom is 0.325 e. The number of rotatable bonds is 5. The fourth-order valence-corrected chi connectivity index (χ4v) is 6.15. The molecule has 0 spiro atoms. The van der Waals surface area contributed by atoms with Crippen LogP contribution in [0.4, 0.5) is 0 Å². The lowest BCUT2D eigenvalue weighted by molar-refractivity contribution is -0.144. The molecule has 0 saturated carbocycles. The number of aromatic nitrogens is 1. The zero-order valence-electron chi connectivity index (χ0n) is 15.8. The van der Waals surface area contributed by atoms with E-state index in [2.05, 4.69) is 9.88 Å². The van der Waals surface area contributed by atoms with Gasteiger partial charge in [-0.15, -0.1) is 0 Å². The van der Waals surface area contributed by atoms with Crippen LogP contribution in [-0.4, -0.2) is 85.1 Å². The van der Waals surface area contributed by atoms with Gasteiger partial charge in [0, 0.05) is 54.9 Å². The summed E-state index contributed by atoms with van der Waals surface area (Å²) < 4.78 is 28.8. The van der Waals surface area contributed by atoms with Gasteiger partial charge in [-0.1, -0.05) is 0 Å². The fraction of sp³-hybridized carbons (Fsp3) is 0.526. The molecule has 2 saturated heterocycles. The van der Waals surface area contributed by atoms with Crippen molar-refractivity contribution in [3.05, 3.63) is 30.0 Å². The molecule has 4 rings (SSSR count). The molecule has 28 heavy (non-hydrogen) atoms. The number of nitrogens with zero attached hydrogens (tertiary/aromatic N) is 2. The quantitative estimate of drug-likeness (QED) is 0.765. The summed E-state index contributed by atoms with van der Waals surface area (Å²) in [5.41, 5.74) is 1.59. The van der Waals surface area contributed by atoms with E-state index >= 15 is 0 Å². The number of fused-ring (bicyclic) bond motifs is 1. The molecule has 1 aromatic heterocycles. The maximum atomic E-state index is 12.1. The van der Waals surface area contributed by atoms with Crippen LogP contribution >= 0.6 is 0 Å². The Morgan fingerprint density at radius 1 is 1.29 bits per heavy atom. The van der Waals surface area contributed by atoms with E-state index in [-0.39, 0.29) is 17.5 Å². The zero-order valence-corrected chi connectivity index (χ0v) is 16.6. The SMILES string of the molecule is COc1ccc2[nH]cc([C@H](C(=O)O)N3CCN([C@H]4CCS(=O)(=O)C4)CC3)c2c1. The number of H-pyrrole nitrogens is 1. The molecule has 1 aromatic carbocycles. The summed E-state index contributed by atoms with van der Waals surface area (Å²) >= 11 is 0. The topological polar surface area (TPSA) is 103 Å². The van der Waals surface area contributed by atoms with Crippen molar-refractivity contribution in [1.29, 1.82) is 0 Å². The van der Waals surface area contributed by atoms with Gasteiger partial charge in [-0.25, -0.2) is 8.42 Å². The highest BCUT2D eigenvalue weighted by Gasteiger charge is 2.37. The maximum absolute atomic E-state index is 12.1. The Kier molecular flexibility index (Phi) is 5.07. The third-order valence-electron chi connectivity index (χ3n) is 5.89. The van der Waals surface area contributed by atoms with Gasteiger partial charge in [-0.05, 0) is 24.6 Å². The van der Waals surface area contributed by atoms with E-state index in [1.165, 1.54) is 0 Å². The van der Waals surface area contributed by atoms with Crippen molar-refractivity contribution in [3.63, 3.8) is 0 Å². The minimum Gasteiger partial charge on any atom is -0.497 e. The Balaban J connectivity index is 1.53. The number of hydrogen-bond donors (Lipinski definition) is 2. The van der Waals surface area contributed by atoms with Gasteiger partial charge in [-0.2, -0.15) is 0 Å². The van der Waals surface area contributed by atoms with Gasteiger partial charge in [0.25, 0.3) is 0 Å². The smallest absolute Gasteiger partial charge is 0.325 e. The van der Waals surface area contributed by atoms with E-state index in [1.54, 1.807) is 13.3 Å². The number of carboxylic acid groups (broad SMARTS) is 1. The molecular formula is C19H25N3O5S. The van der Waals surface area contributed by atoms with Gasteiger partial charge in [0.2, 0.25) is 0 Å². The van der Waals surface area contributed by atoms with Crippen LogP contribution in [0.5, 0.6) is 5.75 Å². The van der Waals surface area contributed by atoms with Crippen molar-refractivity contribution in [2.24, 2.45) is 0 Å². The molecule has 0 unspecified atom stereocenters. The number of benzene rings is 1. The zero-order chi connectivity index (χ0) is 19.9. The number of ether oxygens (including phenoxy) is 1. The van der Waals surface area contributed by atoms with E-state index in [1.807, 2.05) is 23.1 Å².